The molecule has 12 heteroatoms. The molecule has 0 atom stereocenters. The van der Waals surface area contributed by atoms with Gasteiger partial charge in [0.05, 0.1) is 13.3 Å². The number of imidazole rings is 1. The fourth-order valence-corrected chi connectivity index (χ4v) is 4.15. The number of aromatic nitrogens is 4. The van der Waals surface area contributed by atoms with Crippen LogP contribution in [0.5, 0.6) is 0 Å². The van der Waals surface area contributed by atoms with Crippen LogP contribution in [0.3, 0.4) is 0 Å². The Morgan fingerprint density at radius 2 is 1.91 bits per heavy atom. The molecule has 1 aliphatic rings. The topological polar surface area (TPSA) is 114 Å². The number of nitrogens with zero attached hydrogens (tertiary/aromatic N) is 4. The van der Waals surface area contributed by atoms with Crippen molar-refractivity contribution in [2.75, 3.05) is 24.3 Å². The number of aliphatic hydroxyl groups is 1. The van der Waals surface area contributed by atoms with E-state index in [4.69, 9.17) is 4.74 Å². The highest BCUT2D eigenvalue weighted by atomic mass is 19.1. The lowest BCUT2D eigenvalue weighted by Crippen LogP contribution is -2.43. The average molecular weight is 478 g/mol. The Balaban J connectivity index is 1.75. The third-order valence-electron chi connectivity index (χ3n) is 5.92. The number of hydrogen-bond acceptors (Lipinski definition) is 8. The first-order valence-electron chi connectivity index (χ1n) is 11.0. The Labute approximate surface area is 193 Å². The monoisotopic (exact) mass is 478 g/mol. The fraction of sp³-hybridized carbons (Fsp3) is 0.455. The Bertz CT molecular complexity index is 1190. The molecule has 1 aromatic carbocycles. The Morgan fingerprint density at radius 3 is 2.53 bits per heavy atom. The van der Waals surface area contributed by atoms with Crippen molar-refractivity contribution in [3.8, 4) is 0 Å². The molecule has 4 rings (SSSR count). The van der Waals surface area contributed by atoms with Crippen molar-refractivity contribution in [1.82, 2.24) is 19.5 Å². The number of anilines is 3. The predicted molar refractivity (Wildman–Crippen MR) is 118 cm³/mol. The number of nitrogens with one attached hydrogen (secondary N) is 2. The van der Waals surface area contributed by atoms with Gasteiger partial charge < -0.3 is 20.5 Å². The number of fused-ring (bicyclic) bond motifs is 1. The van der Waals surface area contributed by atoms with Gasteiger partial charge >= 0.3 is 5.97 Å². The van der Waals surface area contributed by atoms with Gasteiger partial charge in [0.25, 0.3) is 0 Å². The first-order valence-corrected chi connectivity index (χ1v) is 11.0. The van der Waals surface area contributed by atoms with Crippen LogP contribution in [-0.2, 0) is 9.53 Å². The van der Waals surface area contributed by atoms with Gasteiger partial charge in [-0.2, -0.15) is 4.98 Å². The highest BCUT2D eigenvalue weighted by molar-refractivity contribution is 5.79. The van der Waals surface area contributed by atoms with Crippen LogP contribution in [0.1, 0.15) is 45.1 Å². The van der Waals surface area contributed by atoms with E-state index in [1.54, 1.807) is 4.57 Å². The summed E-state index contributed by atoms with van der Waals surface area (Å²) in [5, 5.41) is 16.3. The van der Waals surface area contributed by atoms with Crippen molar-refractivity contribution in [2.45, 2.75) is 50.7 Å². The summed E-state index contributed by atoms with van der Waals surface area (Å²) in [4.78, 5) is 25.2. The maximum Gasteiger partial charge on any atom is 0.337 e. The minimum absolute atomic E-state index is 0.0786. The van der Waals surface area contributed by atoms with Gasteiger partial charge in [-0.25, -0.2) is 27.9 Å². The summed E-state index contributed by atoms with van der Waals surface area (Å²) in [7, 11) is 1.21. The molecule has 0 saturated heterocycles. The zero-order valence-electron chi connectivity index (χ0n) is 18.7. The lowest BCUT2D eigenvalue weighted by atomic mass is 9.82. The molecule has 1 aliphatic carbocycles. The average Bonchev–Trinajstić information content (AvgIpc) is 3.17. The van der Waals surface area contributed by atoms with Crippen LogP contribution in [0.25, 0.3) is 11.2 Å². The number of methoxy groups -OCH3 is 1. The molecule has 3 aromatic rings. The normalized spacial score (nSPS) is 20.4. The van der Waals surface area contributed by atoms with Gasteiger partial charge in [-0.1, -0.05) is 6.92 Å². The molecule has 182 valence electrons. The van der Waals surface area contributed by atoms with Crippen molar-refractivity contribution in [1.29, 1.82) is 0 Å². The van der Waals surface area contributed by atoms with E-state index < -0.39 is 34.7 Å². The molecule has 0 radical (unpaired) electrons. The summed E-state index contributed by atoms with van der Waals surface area (Å²) in [6.07, 6.45) is 3.28. The lowest BCUT2D eigenvalue weighted by molar-refractivity contribution is -0.166. The van der Waals surface area contributed by atoms with E-state index in [1.165, 1.54) is 13.3 Å². The number of rotatable bonds is 7. The number of carbonyl (C=O) groups excluding carboxylic acids is 1. The molecule has 2 aromatic heterocycles. The van der Waals surface area contributed by atoms with E-state index in [2.05, 4.69) is 25.6 Å². The van der Waals surface area contributed by atoms with Crippen molar-refractivity contribution < 1.29 is 27.8 Å². The van der Waals surface area contributed by atoms with Gasteiger partial charge in [0.1, 0.15) is 17.0 Å². The minimum Gasteiger partial charge on any atom is -0.467 e. The number of esters is 1. The summed E-state index contributed by atoms with van der Waals surface area (Å²) >= 11 is 0. The molecule has 2 heterocycles. The second kappa shape index (κ2) is 9.45. The molecular weight excluding hydrogens is 453 g/mol. The third-order valence-corrected chi connectivity index (χ3v) is 5.92. The summed E-state index contributed by atoms with van der Waals surface area (Å²) in [5.74, 6) is -3.53. The summed E-state index contributed by atoms with van der Waals surface area (Å²) in [6, 6.07) is 0.836. The fourth-order valence-electron chi connectivity index (χ4n) is 4.15. The van der Waals surface area contributed by atoms with E-state index >= 15 is 0 Å². The lowest BCUT2D eigenvalue weighted by Gasteiger charge is -2.34. The highest BCUT2D eigenvalue weighted by Gasteiger charge is 2.42. The zero-order valence-corrected chi connectivity index (χ0v) is 18.7. The van der Waals surface area contributed by atoms with Gasteiger partial charge in [-0.15, -0.1) is 0 Å². The number of ether oxygens (including phenoxy) is 1. The molecule has 0 spiro atoms. The number of benzene rings is 1. The largest absolute Gasteiger partial charge is 0.467 e. The molecule has 1 fully saturated rings. The molecule has 3 N–H and O–H groups in total. The molecule has 1 saturated carbocycles. The standard InChI is InChI=1S/C22H25F3N6O3/c1-3-8-26-20-27-11-16-18(30-20)31(13-4-6-22(33,7-5-13)19(32)34-2)21(28-16)29-17-14(24)9-12(23)10-15(17)25/h9-11,13,33H,3-8H2,1-2H3,(H,28,29)(H,26,27,30). The maximum absolute atomic E-state index is 14.4. The van der Waals surface area contributed by atoms with Gasteiger partial charge in [0, 0.05) is 24.7 Å². The first-order chi connectivity index (χ1) is 16.3. The summed E-state index contributed by atoms with van der Waals surface area (Å²) in [6.45, 7) is 2.64. The van der Waals surface area contributed by atoms with Gasteiger partial charge in [-0.3, -0.25) is 4.57 Å². The second-order valence-electron chi connectivity index (χ2n) is 8.26. The second-order valence-corrected chi connectivity index (χ2v) is 8.26. The van der Waals surface area contributed by atoms with E-state index in [9.17, 15) is 23.1 Å². The summed E-state index contributed by atoms with van der Waals surface area (Å²) < 4.78 is 48.5. The molecular formula is C22H25F3N6O3. The van der Waals surface area contributed by atoms with Crippen molar-refractivity contribution >= 4 is 34.7 Å². The van der Waals surface area contributed by atoms with Crippen LogP contribution in [0.4, 0.5) is 30.8 Å². The molecule has 0 amide bonds. The molecule has 34 heavy (non-hydrogen) atoms. The SMILES string of the molecule is CCCNc1ncc2nc(Nc3c(F)cc(F)cc3F)n(C3CCC(O)(C(=O)OC)CC3)c2n1. The summed E-state index contributed by atoms with van der Waals surface area (Å²) in [5.41, 5.74) is -1.38. The van der Waals surface area contributed by atoms with E-state index in [1.807, 2.05) is 6.92 Å². The van der Waals surface area contributed by atoms with E-state index in [0.29, 0.717) is 48.6 Å². The predicted octanol–water partition coefficient (Wildman–Crippen LogP) is 3.83. The van der Waals surface area contributed by atoms with E-state index in [0.717, 1.165) is 6.42 Å². The van der Waals surface area contributed by atoms with Crippen molar-refractivity contribution in [3.63, 3.8) is 0 Å². The Morgan fingerprint density at radius 1 is 1.24 bits per heavy atom. The molecule has 0 unspecified atom stereocenters. The minimum atomic E-state index is -1.60. The highest BCUT2D eigenvalue weighted by Crippen LogP contribution is 2.39. The quantitative estimate of drug-likeness (QED) is 0.439. The Kier molecular flexibility index (Phi) is 6.60. The van der Waals surface area contributed by atoms with Crippen LogP contribution in [0.2, 0.25) is 0 Å². The van der Waals surface area contributed by atoms with Crippen LogP contribution >= 0.6 is 0 Å². The zero-order chi connectivity index (χ0) is 24.5. The first kappa shape index (κ1) is 23.7. The maximum atomic E-state index is 14.4. The third kappa shape index (κ3) is 4.49. The van der Waals surface area contributed by atoms with Crippen LogP contribution in [-0.4, -0.2) is 49.9 Å². The van der Waals surface area contributed by atoms with Crippen LogP contribution < -0.4 is 10.6 Å². The Hall–Kier alpha value is -3.41. The van der Waals surface area contributed by atoms with Gasteiger partial charge in [0.2, 0.25) is 11.9 Å². The van der Waals surface area contributed by atoms with Crippen molar-refractivity contribution in [2.24, 2.45) is 0 Å². The molecule has 0 bridgehead atoms. The molecule has 9 nitrogen and oxygen atoms in total. The molecule has 0 aliphatic heterocycles. The number of hydrogen-bond donors (Lipinski definition) is 3. The van der Waals surface area contributed by atoms with Crippen LogP contribution in [0, 0.1) is 17.5 Å². The smallest absolute Gasteiger partial charge is 0.337 e. The number of halogens is 3. The van der Waals surface area contributed by atoms with Crippen LogP contribution in [0.15, 0.2) is 18.3 Å². The number of carbonyl (C=O) groups is 1. The van der Waals surface area contributed by atoms with E-state index in [-0.39, 0.29) is 24.8 Å². The van der Waals surface area contributed by atoms with Crippen molar-refractivity contribution in [3.05, 3.63) is 35.8 Å². The van der Waals surface area contributed by atoms with Gasteiger partial charge in [-0.05, 0) is 32.1 Å². The van der Waals surface area contributed by atoms with Gasteiger partial charge in [0.15, 0.2) is 22.9 Å².